The van der Waals surface area contributed by atoms with Gasteiger partial charge in [-0.2, -0.15) is 0 Å². The summed E-state index contributed by atoms with van der Waals surface area (Å²) in [6, 6.07) is 7.05. The maximum absolute atomic E-state index is 8.83. The number of nitrogens with two attached hydrogens (primary N) is 1. The molecule has 3 N–H and O–H groups in total. The maximum Gasteiger partial charge on any atom is 0.122 e. The van der Waals surface area contributed by atoms with Gasteiger partial charge in [0.15, 0.2) is 0 Å². The van der Waals surface area contributed by atoms with Gasteiger partial charge in [0.25, 0.3) is 0 Å². The second kappa shape index (κ2) is 2.66. The summed E-state index contributed by atoms with van der Waals surface area (Å²) in [6.45, 7) is 0. The Labute approximate surface area is 56.2 Å². The highest BCUT2D eigenvalue weighted by Crippen LogP contribution is 2.01. The van der Waals surface area contributed by atoms with Crippen molar-refractivity contribution >= 4 is 14.9 Å². The Kier molecular flexibility index (Phi) is 1.87. The lowest BCUT2D eigenvalue weighted by Gasteiger charge is -1.93. The standard InChI is InChI=1S/C6H9NOSi/c7-9-6-3-1-5(8)2-4-6/h1-4,8H,7,9H2. The Morgan fingerprint density at radius 1 is 1.22 bits per heavy atom. The summed E-state index contributed by atoms with van der Waals surface area (Å²) in [7, 11) is -0.536. The molecule has 0 aliphatic rings. The lowest BCUT2D eigenvalue weighted by atomic mass is 10.3. The van der Waals surface area contributed by atoms with Crippen LogP contribution in [0.15, 0.2) is 24.3 Å². The molecule has 1 aromatic rings. The fraction of sp³-hybridized carbons (Fsp3) is 0. The van der Waals surface area contributed by atoms with Crippen molar-refractivity contribution in [3.8, 4) is 5.75 Å². The van der Waals surface area contributed by atoms with Crippen LogP contribution in [0.25, 0.3) is 0 Å². The zero-order chi connectivity index (χ0) is 6.69. The third-order valence-corrected chi connectivity index (χ3v) is 2.11. The predicted molar refractivity (Wildman–Crippen MR) is 40.5 cm³/mol. The van der Waals surface area contributed by atoms with E-state index in [9.17, 15) is 0 Å². The Balaban J connectivity index is 2.88. The van der Waals surface area contributed by atoms with E-state index in [0.717, 1.165) is 0 Å². The SMILES string of the molecule is N[SiH2]c1ccc(O)cc1. The van der Waals surface area contributed by atoms with E-state index in [1.54, 1.807) is 12.1 Å². The fourth-order valence-electron chi connectivity index (χ4n) is 0.632. The van der Waals surface area contributed by atoms with Gasteiger partial charge in [-0.1, -0.05) is 17.3 Å². The Morgan fingerprint density at radius 2 is 1.78 bits per heavy atom. The molecule has 0 aliphatic heterocycles. The van der Waals surface area contributed by atoms with Crippen LogP contribution in [0.3, 0.4) is 0 Å². The number of phenols is 1. The van der Waals surface area contributed by atoms with E-state index >= 15 is 0 Å². The van der Waals surface area contributed by atoms with E-state index in [2.05, 4.69) is 0 Å². The van der Waals surface area contributed by atoms with Gasteiger partial charge in [0.05, 0.1) is 0 Å². The molecule has 0 bridgehead atoms. The molecule has 2 nitrogen and oxygen atoms in total. The second-order valence-corrected chi connectivity index (χ2v) is 3.10. The molecule has 0 amide bonds. The minimum atomic E-state index is -0.536. The Morgan fingerprint density at radius 3 is 2.22 bits per heavy atom. The van der Waals surface area contributed by atoms with Crippen molar-refractivity contribution in [1.29, 1.82) is 0 Å². The van der Waals surface area contributed by atoms with Crippen LogP contribution in [-0.2, 0) is 0 Å². The maximum atomic E-state index is 8.83. The summed E-state index contributed by atoms with van der Waals surface area (Å²) < 4.78 is 0. The molecule has 0 spiro atoms. The summed E-state index contributed by atoms with van der Waals surface area (Å²) in [4.78, 5) is 0. The molecule has 1 aromatic carbocycles. The number of rotatable bonds is 1. The van der Waals surface area contributed by atoms with Crippen LogP contribution >= 0.6 is 0 Å². The molecule has 9 heavy (non-hydrogen) atoms. The van der Waals surface area contributed by atoms with E-state index < -0.39 is 9.68 Å². The van der Waals surface area contributed by atoms with Crippen molar-refractivity contribution in [3.63, 3.8) is 0 Å². The molecule has 0 radical (unpaired) electrons. The first-order valence-corrected chi connectivity index (χ1v) is 4.33. The predicted octanol–water partition coefficient (Wildman–Crippen LogP) is -0.940. The smallest absolute Gasteiger partial charge is 0.122 e. The Hall–Kier alpha value is -0.803. The summed E-state index contributed by atoms with van der Waals surface area (Å²) in [6.07, 6.45) is 0. The topological polar surface area (TPSA) is 46.2 Å². The van der Waals surface area contributed by atoms with Crippen LogP contribution in [0.5, 0.6) is 5.75 Å². The van der Waals surface area contributed by atoms with Crippen molar-refractivity contribution in [2.75, 3.05) is 0 Å². The van der Waals surface area contributed by atoms with Crippen LogP contribution in [-0.4, -0.2) is 14.8 Å². The van der Waals surface area contributed by atoms with Crippen LogP contribution in [0.4, 0.5) is 0 Å². The van der Waals surface area contributed by atoms with Crippen molar-refractivity contribution in [1.82, 2.24) is 0 Å². The van der Waals surface area contributed by atoms with Gasteiger partial charge < -0.3 is 10.5 Å². The van der Waals surface area contributed by atoms with E-state index in [0.29, 0.717) is 5.75 Å². The molecule has 0 atom stereocenters. The van der Waals surface area contributed by atoms with Gasteiger partial charge in [-0.25, -0.2) is 0 Å². The Bertz CT molecular complexity index is 185. The molecular weight excluding hydrogens is 130 g/mol. The molecule has 0 aromatic heterocycles. The molecular formula is C6H9NOSi. The first kappa shape index (κ1) is 6.32. The third kappa shape index (κ3) is 1.55. The zero-order valence-corrected chi connectivity index (χ0v) is 6.46. The van der Waals surface area contributed by atoms with Gasteiger partial charge in [0.2, 0.25) is 0 Å². The highest BCUT2D eigenvalue weighted by atomic mass is 28.2. The number of hydrogen-bond acceptors (Lipinski definition) is 2. The first-order valence-electron chi connectivity index (χ1n) is 2.81. The molecule has 1 rings (SSSR count). The lowest BCUT2D eigenvalue weighted by Crippen LogP contribution is -2.21. The molecule has 0 saturated carbocycles. The van der Waals surface area contributed by atoms with Gasteiger partial charge >= 0.3 is 0 Å². The van der Waals surface area contributed by atoms with Gasteiger partial charge in [-0.3, -0.25) is 0 Å². The van der Waals surface area contributed by atoms with Gasteiger partial charge in [-0.15, -0.1) is 0 Å². The van der Waals surface area contributed by atoms with E-state index in [1.807, 2.05) is 12.1 Å². The number of benzene rings is 1. The zero-order valence-electron chi connectivity index (χ0n) is 5.04. The van der Waals surface area contributed by atoms with Crippen LogP contribution < -0.4 is 10.6 Å². The van der Waals surface area contributed by atoms with Gasteiger partial charge in [0, 0.05) is 0 Å². The second-order valence-electron chi connectivity index (χ2n) is 1.87. The first-order chi connectivity index (χ1) is 4.33. The van der Waals surface area contributed by atoms with Crippen LogP contribution in [0.1, 0.15) is 0 Å². The van der Waals surface area contributed by atoms with Crippen LogP contribution in [0, 0.1) is 0 Å². The minimum Gasteiger partial charge on any atom is -0.508 e. The number of aromatic hydroxyl groups is 1. The van der Waals surface area contributed by atoms with E-state index in [1.165, 1.54) is 5.19 Å². The quantitative estimate of drug-likeness (QED) is 0.493. The normalized spacial score (nSPS) is 10.8. The average Bonchev–Trinajstić information content (AvgIpc) is 1.90. The third-order valence-electron chi connectivity index (χ3n) is 1.17. The summed E-state index contributed by atoms with van der Waals surface area (Å²) in [5.41, 5.74) is 0. The molecule has 0 fully saturated rings. The van der Waals surface area contributed by atoms with Crippen LogP contribution in [0.2, 0.25) is 0 Å². The van der Waals surface area contributed by atoms with Crippen molar-refractivity contribution < 1.29 is 5.11 Å². The van der Waals surface area contributed by atoms with Gasteiger partial charge in [-0.05, 0) is 12.1 Å². The fourth-order valence-corrected chi connectivity index (χ4v) is 1.14. The van der Waals surface area contributed by atoms with Crippen molar-refractivity contribution in [2.24, 2.45) is 5.40 Å². The van der Waals surface area contributed by atoms with E-state index in [-0.39, 0.29) is 0 Å². The largest absolute Gasteiger partial charge is 0.508 e. The monoisotopic (exact) mass is 139 g/mol. The molecule has 0 heterocycles. The molecule has 3 heteroatoms. The highest BCUT2D eigenvalue weighted by molar-refractivity contribution is 6.49. The molecule has 0 unspecified atom stereocenters. The molecule has 0 aliphatic carbocycles. The number of phenolic OH excluding ortho intramolecular Hbond substituents is 1. The highest BCUT2D eigenvalue weighted by Gasteiger charge is 1.87. The van der Waals surface area contributed by atoms with Crippen molar-refractivity contribution in [3.05, 3.63) is 24.3 Å². The minimum absolute atomic E-state index is 0.307. The summed E-state index contributed by atoms with van der Waals surface area (Å²) in [5, 5.41) is 15.5. The van der Waals surface area contributed by atoms with E-state index in [4.69, 9.17) is 10.5 Å². The average molecular weight is 139 g/mol. The molecule has 48 valence electrons. The lowest BCUT2D eigenvalue weighted by molar-refractivity contribution is 0.475. The van der Waals surface area contributed by atoms with Crippen molar-refractivity contribution in [2.45, 2.75) is 0 Å². The van der Waals surface area contributed by atoms with Gasteiger partial charge in [0.1, 0.15) is 15.4 Å². The molecule has 0 saturated heterocycles. The summed E-state index contributed by atoms with van der Waals surface area (Å²) in [5.74, 6) is 0.307. The number of hydrogen-bond donors (Lipinski definition) is 2. The summed E-state index contributed by atoms with van der Waals surface area (Å²) >= 11 is 0.